The summed E-state index contributed by atoms with van der Waals surface area (Å²) >= 11 is 0. The summed E-state index contributed by atoms with van der Waals surface area (Å²) in [6.07, 6.45) is 4.60. The van der Waals surface area contributed by atoms with Gasteiger partial charge in [-0.3, -0.25) is 9.59 Å². The van der Waals surface area contributed by atoms with E-state index >= 15 is 0 Å². The van der Waals surface area contributed by atoms with E-state index in [0.717, 1.165) is 37.8 Å². The average molecular weight is 348 g/mol. The van der Waals surface area contributed by atoms with E-state index in [-0.39, 0.29) is 18.4 Å². The number of benzene rings is 1. The topological polar surface area (TPSA) is 67.9 Å². The molecule has 1 saturated heterocycles. The van der Waals surface area contributed by atoms with E-state index in [1.165, 1.54) is 0 Å². The molecular formula is C19H28N2O4. The number of hydrogen-bond acceptors (Lipinski definition) is 4. The highest BCUT2D eigenvalue weighted by molar-refractivity contribution is 5.77. The highest BCUT2D eigenvalue weighted by Crippen LogP contribution is 2.27. The van der Waals surface area contributed by atoms with Gasteiger partial charge in [0, 0.05) is 26.1 Å². The van der Waals surface area contributed by atoms with Crippen molar-refractivity contribution in [2.24, 2.45) is 0 Å². The van der Waals surface area contributed by atoms with Crippen LogP contribution in [-0.4, -0.2) is 50.1 Å². The molecule has 1 aromatic rings. The van der Waals surface area contributed by atoms with Crippen LogP contribution in [0.25, 0.3) is 0 Å². The predicted octanol–water partition coefficient (Wildman–Crippen LogP) is 2.29. The van der Waals surface area contributed by atoms with Gasteiger partial charge in [0.1, 0.15) is 0 Å². The summed E-state index contributed by atoms with van der Waals surface area (Å²) in [7, 11) is 1.58. The first kappa shape index (κ1) is 19.1. The molecule has 2 amide bonds. The quantitative estimate of drug-likeness (QED) is 0.732. The molecule has 0 saturated carbocycles. The van der Waals surface area contributed by atoms with E-state index < -0.39 is 0 Å². The summed E-state index contributed by atoms with van der Waals surface area (Å²) in [6, 6.07) is 5.58. The Morgan fingerprint density at radius 1 is 1.24 bits per heavy atom. The first-order valence-electron chi connectivity index (χ1n) is 8.92. The van der Waals surface area contributed by atoms with Crippen molar-refractivity contribution in [1.29, 1.82) is 0 Å². The lowest BCUT2D eigenvalue weighted by molar-refractivity contribution is -0.130. The zero-order chi connectivity index (χ0) is 18.1. The summed E-state index contributed by atoms with van der Waals surface area (Å²) in [4.78, 5) is 25.7. The van der Waals surface area contributed by atoms with Crippen LogP contribution in [0.1, 0.15) is 37.7 Å². The maximum atomic E-state index is 11.9. The van der Waals surface area contributed by atoms with Crippen molar-refractivity contribution in [3.63, 3.8) is 0 Å². The molecule has 0 spiro atoms. The fourth-order valence-corrected chi connectivity index (χ4v) is 2.86. The summed E-state index contributed by atoms with van der Waals surface area (Å²) in [5, 5.41) is 2.83. The number of nitrogens with one attached hydrogen (secondary N) is 1. The molecule has 0 atom stereocenters. The second-order valence-electron chi connectivity index (χ2n) is 6.34. The van der Waals surface area contributed by atoms with Crippen molar-refractivity contribution >= 4 is 11.8 Å². The van der Waals surface area contributed by atoms with Crippen LogP contribution in [0.3, 0.4) is 0 Å². The van der Waals surface area contributed by atoms with Crippen molar-refractivity contribution in [1.82, 2.24) is 10.2 Å². The lowest BCUT2D eigenvalue weighted by atomic mass is 10.2. The zero-order valence-electron chi connectivity index (χ0n) is 15.2. The van der Waals surface area contributed by atoms with Crippen LogP contribution in [0, 0.1) is 6.92 Å². The summed E-state index contributed by atoms with van der Waals surface area (Å²) in [6.45, 7) is 3.99. The van der Waals surface area contributed by atoms with Gasteiger partial charge in [-0.2, -0.15) is 0 Å². The van der Waals surface area contributed by atoms with Gasteiger partial charge in [0.25, 0.3) is 5.91 Å². The van der Waals surface area contributed by atoms with Crippen molar-refractivity contribution in [2.45, 2.75) is 39.0 Å². The molecular weight excluding hydrogens is 320 g/mol. The zero-order valence-corrected chi connectivity index (χ0v) is 15.2. The van der Waals surface area contributed by atoms with Crippen molar-refractivity contribution < 1.29 is 19.1 Å². The smallest absolute Gasteiger partial charge is 0.257 e. The highest BCUT2D eigenvalue weighted by atomic mass is 16.5. The third-order valence-corrected chi connectivity index (χ3v) is 4.28. The van der Waals surface area contributed by atoms with Gasteiger partial charge < -0.3 is 19.7 Å². The molecule has 6 nitrogen and oxygen atoms in total. The molecule has 2 rings (SSSR count). The predicted molar refractivity (Wildman–Crippen MR) is 95.9 cm³/mol. The monoisotopic (exact) mass is 348 g/mol. The Morgan fingerprint density at radius 3 is 2.88 bits per heavy atom. The number of methoxy groups -OCH3 is 1. The molecule has 6 heteroatoms. The van der Waals surface area contributed by atoms with E-state index in [9.17, 15) is 9.59 Å². The second kappa shape index (κ2) is 9.91. The van der Waals surface area contributed by atoms with Crippen LogP contribution in [0.15, 0.2) is 18.2 Å². The minimum absolute atomic E-state index is 0.0535. The molecule has 25 heavy (non-hydrogen) atoms. The molecule has 138 valence electrons. The van der Waals surface area contributed by atoms with Gasteiger partial charge in [0.2, 0.25) is 5.91 Å². The molecule has 0 aliphatic carbocycles. The summed E-state index contributed by atoms with van der Waals surface area (Å²) in [5.41, 5.74) is 1.07. The van der Waals surface area contributed by atoms with Crippen LogP contribution < -0.4 is 14.8 Å². The van der Waals surface area contributed by atoms with Crippen LogP contribution in [0.5, 0.6) is 11.5 Å². The number of carbonyl (C=O) groups is 2. The van der Waals surface area contributed by atoms with E-state index in [1.54, 1.807) is 13.2 Å². The normalized spacial score (nSPS) is 14.8. The van der Waals surface area contributed by atoms with Crippen LogP contribution in [0.4, 0.5) is 0 Å². The molecule has 1 aliphatic heterocycles. The molecule has 0 radical (unpaired) electrons. The number of ether oxygens (including phenoxy) is 2. The molecule has 0 aromatic heterocycles. The molecule has 0 bridgehead atoms. The van der Waals surface area contributed by atoms with Gasteiger partial charge in [-0.15, -0.1) is 0 Å². The van der Waals surface area contributed by atoms with Gasteiger partial charge in [-0.05, 0) is 43.9 Å². The number of carbonyl (C=O) groups excluding carboxylic acids is 2. The van der Waals surface area contributed by atoms with Crippen molar-refractivity contribution in [2.75, 3.05) is 33.4 Å². The minimum atomic E-state index is -0.176. The second-order valence-corrected chi connectivity index (χ2v) is 6.34. The third kappa shape index (κ3) is 6.29. The van der Waals surface area contributed by atoms with Crippen molar-refractivity contribution in [3.05, 3.63) is 23.8 Å². The fraction of sp³-hybridized carbons (Fsp3) is 0.579. The Labute approximate surface area is 149 Å². The largest absolute Gasteiger partial charge is 0.493 e. The van der Waals surface area contributed by atoms with Crippen LogP contribution in [-0.2, 0) is 9.59 Å². The Morgan fingerprint density at radius 2 is 2.08 bits per heavy atom. The SMILES string of the molecule is COc1cc(C)ccc1OCC(=O)NCCCN1CCCCCC1=O. The number of aryl methyl sites for hydroxylation is 1. The molecule has 0 unspecified atom stereocenters. The van der Waals surface area contributed by atoms with E-state index in [0.29, 0.717) is 31.0 Å². The maximum absolute atomic E-state index is 11.9. The number of amides is 2. The van der Waals surface area contributed by atoms with Crippen molar-refractivity contribution in [3.8, 4) is 11.5 Å². The lowest BCUT2D eigenvalue weighted by Crippen LogP contribution is -2.35. The minimum Gasteiger partial charge on any atom is -0.493 e. The van der Waals surface area contributed by atoms with Gasteiger partial charge in [0.05, 0.1) is 7.11 Å². The van der Waals surface area contributed by atoms with E-state index in [2.05, 4.69) is 5.32 Å². The number of nitrogens with zero attached hydrogens (tertiary/aromatic N) is 1. The summed E-state index contributed by atoms with van der Waals surface area (Å²) in [5.74, 6) is 1.23. The van der Waals surface area contributed by atoms with E-state index in [4.69, 9.17) is 9.47 Å². The number of likely N-dealkylation sites (tertiary alicyclic amines) is 1. The molecule has 1 fully saturated rings. The molecule has 1 aromatic carbocycles. The number of rotatable bonds is 8. The molecule has 1 heterocycles. The van der Waals surface area contributed by atoms with Crippen LogP contribution >= 0.6 is 0 Å². The van der Waals surface area contributed by atoms with Gasteiger partial charge >= 0.3 is 0 Å². The highest BCUT2D eigenvalue weighted by Gasteiger charge is 2.15. The third-order valence-electron chi connectivity index (χ3n) is 4.28. The average Bonchev–Trinajstić information content (AvgIpc) is 2.81. The standard InChI is InChI=1S/C19H28N2O4/c1-15-8-9-16(17(13-15)24-2)25-14-18(22)20-10-6-12-21-11-5-3-4-7-19(21)23/h8-9,13H,3-7,10-12,14H2,1-2H3,(H,20,22). The van der Waals surface area contributed by atoms with Gasteiger partial charge in [0.15, 0.2) is 18.1 Å². The number of hydrogen-bond donors (Lipinski definition) is 1. The van der Waals surface area contributed by atoms with Gasteiger partial charge in [-0.25, -0.2) is 0 Å². The maximum Gasteiger partial charge on any atom is 0.257 e. The Hall–Kier alpha value is -2.24. The first-order chi connectivity index (χ1) is 12.1. The lowest BCUT2D eigenvalue weighted by Gasteiger charge is -2.20. The Balaban J connectivity index is 1.66. The van der Waals surface area contributed by atoms with Crippen LogP contribution in [0.2, 0.25) is 0 Å². The molecule has 1 aliphatic rings. The summed E-state index contributed by atoms with van der Waals surface area (Å²) < 4.78 is 10.8. The fourth-order valence-electron chi connectivity index (χ4n) is 2.86. The van der Waals surface area contributed by atoms with E-state index in [1.807, 2.05) is 24.0 Å². The first-order valence-corrected chi connectivity index (χ1v) is 8.92. The molecule has 1 N–H and O–H groups in total. The van der Waals surface area contributed by atoms with Gasteiger partial charge in [-0.1, -0.05) is 12.5 Å². The Kier molecular flexibility index (Phi) is 7.57. The Bertz CT molecular complexity index is 589.